The van der Waals surface area contributed by atoms with E-state index in [1.165, 1.54) is 5.56 Å². The predicted molar refractivity (Wildman–Crippen MR) is 75.1 cm³/mol. The highest BCUT2D eigenvalue weighted by atomic mass is 79.9. The van der Waals surface area contributed by atoms with Gasteiger partial charge in [-0.15, -0.1) is 11.8 Å². The van der Waals surface area contributed by atoms with Crippen molar-refractivity contribution < 1.29 is 4.74 Å². The Balaban J connectivity index is 2.56. The lowest BCUT2D eigenvalue weighted by atomic mass is 10.2. The molecule has 0 aliphatic rings. The van der Waals surface area contributed by atoms with Crippen LogP contribution in [0.2, 0.25) is 0 Å². The summed E-state index contributed by atoms with van der Waals surface area (Å²) in [7, 11) is 0. The molecule has 0 fully saturated rings. The summed E-state index contributed by atoms with van der Waals surface area (Å²) >= 11 is 3.54. The predicted octanol–water partition coefficient (Wildman–Crippen LogP) is 3.35. The minimum absolute atomic E-state index is 0.642. The molecule has 0 spiro atoms. The molecule has 0 aliphatic carbocycles. The van der Waals surface area contributed by atoms with Gasteiger partial charge in [0.1, 0.15) is 5.75 Å². The number of benzene rings is 1. The third-order valence-electron chi connectivity index (χ3n) is 2.26. The van der Waals surface area contributed by atoms with Crippen LogP contribution < -0.4 is 10.1 Å². The van der Waals surface area contributed by atoms with Crippen LogP contribution in [0.5, 0.6) is 5.75 Å². The summed E-state index contributed by atoms with van der Waals surface area (Å²) < 4.78 is 6.74. The van der Waals surface area contributed by atoms with E-state index in [-0.39, 0.29) is 0 Å². The van der Waals surface area contributed by atoms with E-state index >= 15 is 0 Å². The maximum atomic E-state index is 5.63. The second-order valence-corrected chi connectivity index (χ2v) is 4.41. The minimum atomic E-state index is 0.642. The van der Waals surface area contributed by atoms with Crippen LogP contribution in [0.15, 0.2) is 22.7 Å². The third kappa shape index (κ3) is 5.25. The van der Waals surface area contributed by atoms with Crippen LogP contribution in [0.4, 0.5) is 0 Å². The fraction of sp³-hybridized carbons (Fsp3) is 0.429. The van der Waals surface area contributed by atoms with Gasteiger partial charge in [-0.3, -0.25) is 0 Å². The number of halogens is 1. The van der Waals surface area contributed by atoms with Gasteiger partial charge in [0.15, 0.2) is 0 Å². The van der Waals surface area contributed by atoms with E-state index in [1.807, 2.05) is 19.1 Å². The van der Waals surface area contributed by atoms with Crippen molar-refractivity contribution in [1.82, 2.24) is 5.32 Å². The maximum Gasteiger partial charge on any atom is 0.119 e. The molecule has 0 amide bonds. The van der Waals surface area contributed by atoms with Crippen molar-refractivity contribution in [2.45, 2.75) is 26.8 Å². The summed E-state index contributed by atoms with van der Waals surface area (Å²) in [5.41, 5.74) is 1.21. The lowest BCUT2D eigenvalue weighted by Gasteiger charge is -2.09. The zero-order valence-corrected chi connectivity index (χ0v) is 11.9. The number of hydrogen-bond donors (Lipinski definition) is 1. The highest BCUT2D eigenvalue weighted by Crippen LogP contribution is 2.22. The van der Waals surface area contributed by atoms with Crippen molar-refractivity contribution in [3.05, 3.63) is 28.2 Å². The van der Waals surface area contributed by atoms with Crippen molar-refractivity contribution in [3.8, 4) is 17.6 Å². The number of ether oxygens (including phenoxy) is 1. The molecule has 1 N–H and O–H groups in total. The van der Waals surface area contributed by atoms with Crippen LogP contribution in [-0.4, -0.2) is 13.2 Å². The summed E-state index contributed by atoms with van der Waals surface area (Å²) in [6.45, 7) is 6.39. The molecule has 0 saturated heterocycles. The number of rotatable bonds is 6. The summed E-state index contributed by atoms with van der Waals surface area (Å²) in [5.74, 6) is 6.74. The van der Waals surface area contributed by atoms with Crippen LogP contribution in [-0.2, 0) is 6.54 Å². The van der Waals surface area contributed by atoms with Gasteiger partial charge in [-0.25, -0.2) is 0 Å². The molecule has 2 nitrogen and oxygen atoms in total. The fourth-order valence-electron chi connectivity index (χ4n) is 1.38. The van der Waals surface area contributed by atoms with Crippen molar-refractivity contribution in [1.29, 1.82) is 0 Å². The fourth-order valence-corrected chi connectivity index (χ4v) is 1.77. The van der Waals surface area contributed by atoms with E-state index in [1.54, 1.807) is 0 Å². The van der Waals surface area contributed by atoms with Gasteiger partial charge in [0.2, 0.25) is 0 Å². The van der Waals surface area contributed by atoms with Crippen molar-refractivity contribution >= 4 is 15.9 Å². The van der Waals surface area contributed by atoms with Gasteiger partial charge in [0.05, 0.1) is 6.61 Å². The molecular formula is C14H18BrNO. The summed E-state index contributed by atoms with van der Waals surface area (Å²) in [5, 5.41) is 3.30. The van der Waals surface area contributed by atoms with Crippen molar-refractivity contribution in [2.75, 3.05) is 13.2 Å². The lowest BCUT2D eigenvalue weighted by Crippen LogP contribution is -2.12. The van der Waals surface area contributed by atoms with Crippen LogP contribution in [0.3, 0.4) is 0 Å². The van der Waals surface area contributed by atoms with Gasteiger partial charge in [0, 0.05) is 17.4 Å². The third-order valence-corrected chi connectivity index (χ3v) is 3.03. The minimum Gasteiger partial charge on any atom is -0.493 e. The van der Waals surface area contributed by atoms with E-state index in [0.29, 0.717) is 6.61 Å². The molecule has 17 heavy (non-hydrogen) atoms. The number of hydrogen-bond acceptors (Lipinski definition) is 2. The van der Waals surface area contributed by atoms with E-state index in [2.05, 4.69) is 46.1 Å². The molecule has 0 unspecified atom stereocenters. The largest absolute Gasteiger partial charge is 0.493 e. The Morgan fingerprint density at radius 2 is 2.24 bits per heavy atom. The Morgan fingerprint density at radius 3 is 2.94 bits per heavy atom. The quantitative estimate of drug-likeness (QED) is 0.642. The first-order valence-electron chi connectivity index (χ1n) is 5.79. The second kappa shape index (κ2) is 8.16. The van der Waals surface area contributed by atoms with Crippen molar-refractivity contribution in [2.24, 2.45) is 0 Å². The molecule has 1 aromatic rings. The normalized spacial score (nSPS) is 9.59. The van der Waals surface area contributed by atoms with Crippen LogP contribution in [0, 0.1) is 11.8 Å². The number of nitrogens with one attached hydrogen (secondary N) is 1. The van der Waals surface area contributed by atoms with Gasteiger partial charge in [0.25, 0.3) is 0 Å². The average molecular weight is 296 g/mol. The molecule has 0 atom stereocenters. The topological polar surface area (TPSA) is 21.3 Å². The van der Waals surface area contributed by atoms with E-state index < -0.39 is 0 Å². The Kier molecular flexibility index (Phi) is 6.76. The Labute approximate surface area is 112 Å². The molecule has 0 heterocycles. The van der Waals surface area contributed by atoms with Gasteiger partial charge in [-0.1, -0.05) is 22.9 Å². The summed E-state index contributed by atoms with van der Waals surface area (Å²) in [4.78, 5) is 0. The van der Waals surface area contributed by atoms with E-state index in [4.69, 9.17) is 4.74 Å². The Morgan fingerprint density at radius 1 is 1.41 bits per heavy atom. The smallest absolute Gasteiger partial charge is 0.119 e. The van der Waals surface area contributed by atoms with Gasteiger partial charge in [-0.05, 0) is 37.2 Å². The van der Waals surface area contributed by atoms with Crippen molar-refractivity contribution in [3.63, 3.8) is 0 Å². The molecule has 1 aromatic carbocycles. The maximum absolute atomic E-state index is 5.63. The van der Waals surface area contributed by atoms with Crippen LogP contribution >= 0.6 is 15.9 Å². The molecule has 0 aromatic heterocycles. The van der Waals surface area contributed by atoms with Gasteiger partial charge < -0.3 is 10.1 Å². The van der Waals surface area contributed by atoms with E-state index in [0.717, 1.165) is 29.7 Å². The average Bonchev–Trinajstić information content (AvgIpc) is 2.35. The molecule has 0 saturated carbocycles. The Bertz CT molecular complexity index is 406. The molecule has 92 valence electrons. The van der Waals surface area contributed by atoms with Crippen LogP contribution in [0.25, 0.3) is 0 Å². The first-order valence-corrected chi connectivity index (χ1v) is 6.58. The van der Waals surface area contributed by atoms with Gasteiger partial charge in [-0.2, -0.15) is 0 Å². The highest BCUT2D eigenvalue weighted by Gasteiger charge is 2.01. The van der Waals surface area contributed by atoms with E-state index in [9.17, 15) is 0 Å². The molecule has 1 rings (SSSR count). The second-order valence-electron chi connectivity index (χ2n) is 3.56. The molecule has 0 radical (unpaired) electrons. The standard InChI is InChI=1S/C14H18BrNO/c1-3-5-6-9-17-13-7-8-14(15)12(10-13)11-16-4-2/h7-8,10,16H,4,6,9,11H2,1-2H3. The zero-order chi connectivity index (χ0) is 12.5. The highest BCUT2D eigenvalue weighted by molar-refractivity contribution is 9.10. The lowest BCUT2D eigenvalue weighted by molar-refractivity contribution is 0.326. The van der Waals surface area contributed by atoms with Gasteiger partial charge >= 0.3 is 0 Å². The first-order chi connectivity index (χ1) is 8.27. The molecular weight excluding hydrogens is 278 g/mol. The van der Waals surface area contributed by atoms with Crippen LogP contribution in [0.1, 0.15) is 25.8 Å². The summed E-state index contributed by atoms with van der Waals surface area (Å²) in [6.07, 6.45) is 0.773. The molecule has 0 aliphatic heterocycles. The zero-order valence-electron chi connectivity index (χ0n) is 10.3. The summed E-state index contributed by atoms with van der Waals surface area (Å²) in [6, 6.07) is 6.05. The molecule has 3 heteroatoms. The monoisotopic (exact) mass is 295 g/mol. The molecule has 0 bridgehead atoms. The Hall–Kier alpha value is -0.980. The SMILES string of the molecule is CC#CCCOc1ccc(Br)c(CNCC)c1. The first kappa shape index (κ1) is 14.1.